The molecular formula is C20H34ClN3O5. The highest BCUT2D eigenvalue weighted by Gasteiger charge is 2.30. The van der Waals surface area contributed by atoms with Gasteiger partial charge in [-0.3, -0.25) is 29.6 Å². The number of hydrazine groups is 1. The van der Waals surface area contributed by atoms with E-state index in [1.54, 1.807) is 20.8 Å². The molecule has 9 heteroatoms. The highest BCUT2D eigenvalue weighted by atomic mass is 35.5. The molecule has 0 saturated heterocycles. The number of nitrogens with two attached hydrogens (primary N) is 1. The lowest BCUT2D eigenvalue weighted by Crippen LogP contribution is -2.50. The molecule has 0 spiro atoms. The van der Waals surface area contributed by atoms with E-state index in [1.165, 1.54) is 6.42 Å². The fraction of sp³-hybridized carbons (Fsp3) is 0.800. The Kier molecular flexibility index (Phi) is 10.4. The van der Waals surface area contributed by atoms with E-state index in [-0.39, 0.29) is 25.3 Å². The summed E-state index contributed by atoms with van der Waals surface area (Å²) in [4.78, 5) is 48.3. The number of nitrogens with one attached hydrogen (secondary N) is 1. The molecule has 1 aliphatic rings. The topological polar surface area (TPSA) is 119 Å². The van der Waals surface area contributed by atoms with Gasteiger partial charge in [-0.15, -0.1) is 11.6 Å². The number of hydrogen-bond acceptors (Lipinski definition) is 5. The van der Waals surface area contributed by atoms with Crippen LogP contribution in [0.15, 0.2) is 0 Å². The van der Waals surface area contributed by atoms with Crippen molar-refractivity contribution in [2.75, 3.05) is 12.4 Å². The summed E-state index contributed by atoms with van der Waals surface area (Å²) in [6.07, 6.45) is 5.81. The first-order chi connectivity index (χ1) is 13.5. The normalized spacial score (nSPS) is 16.0. The maximum atomic E-state index is 12.9. The first-order valence-electron chi connectivity index (χ1n) is 10.2. The predicted molar refractivity (Wildman–Crippen MR) is 110 cm³/mol. The Hall–Kier alpha value is -1.83. The third-order valence-corrected chi connectivity index (χ3v) is 5.02. The van der Waals surface area contributed by atoms with Crippen LogP contribution in [0.1, 0.15) is 72.1 Å². The van der Waals surface area contributed by atoms with Gasteiger partial charge in [0.2, 0.25) is 11.8 Å². The van der Waals surface area contributed by atoms with Gasteiger partial charge in [0, 0.05) is 6.42 Å². The van der Waals surface area contributed by atoms with Crippen molar-refractivity contribution in [1.82, 2.24) is 10.4 Å². The zero-order valence-electron chi connectivity index (χ0n) is 17.7. The van der Waals surface area contributed by atoms with Crippen LogP contribution in [0.25, 0.3) is 0 Å². The fourth-order valence-electron chi connectivity index (χ4n) is 3.45. The van der Waals surface area contributed by atoms with Crippen LogP contribution >= 0.6 is 11.6 Å². The van der Waals surface area contributed by atoms with Crippen LogP contribution in [-0.2, 0) is 23.9 Å². The summed E-state index contributed by atoms with van der Waals surface area (Å²) in [7, 11) is 0. The number of primary amides is 1. The molecule has 0 aromatic rings. The molecule has 0 unspecified atom stereocenters. The van der Waals surface area contributed by atoms with Gasteiger partial charge in [-0.05, 0) is 33.1 Å². The minimum absolute atomic E-state index is 0.0711. The van der Waals surface area contributed by atoms with Crippen LogP contribution in [0.4, 0.5) is 0 Å². The molecule has 3 amide bonds. The lowest BCUT2D eigenvalue weighted by Gasteiger charge is -2.29. The number of nitrogens with zero attached hydrogens (tertiary/aromatic N) is 1. The first kappa shape index (κ1) is 25.2. The Morgan fingerprint density at radius 2 is 1.79 bits per heavy atom. The summed E-state index contributed by atoms with van der Waals surface area (Å²) in [5, 5.41) is 1.00. The van der Waals surface area contributed by atoms with Gasteiger partial charge in [0.15, 0.2) is 0 Å². The highest BCUT2D eigenvalue weighted by molar-refractivity contribution is 6.27. The van der Waals surface area contributed by atoms with Crippen molar-refractivity contribution in [1.29, 1.82) is 0 Å². The molecule has 0 aromatic carbocycles. The number of esters is 1. The minimum atomic E-state index is -0.648. The summed E-state index contributed by atoms with van der Waals surface area (Å²) in [6.45, 7) is 5.23. The number of carbonyl (C=O) groups excluding carboxylic acids is 4. The predicted octanol–water partition coefficient (Wildman–Crippen LogP) is 2.28. The Labute approximate surface area is 177 Å². The standard InChI is InChI=1S/C20H34ClN3O5/c1-20(2,3)29-18(27)12-15(11-14-7-5-4-6-8-14)19(28)23-24(17(26)13-21)10-9-16(22)25/h14-15H,4-13H2,1-3H3,(H2,22,25)(H,23,28)/t15-/m1/s1. The number of rotatable bonds is 9. The van der Waals surface area contributed by atoms with Crippen molar-refractivity contribution < 1.29 is 23.9 Å². The lowest BCUT2D eigenvalue weighted by molar-refractivity contribution is -0.158. The molecule has 1 fully saturated rings. The maximum Gasteiger partial charge on any atom is 0.307 e. The van der Waals surface area contributed by atoms with Gasteiger partial charge in [-0.1, -0.05) is 32.1 Å². The molecular weight excluding hydrogens is 398 g/mol. The molecule has 0 aromatic heterocycles. The molecule has 1 aliphatic carbocycles. The van der Waals surface area contributed by atoms with Crippen molar-refractivity contribution in [3.8, 4) is 0 Å². The molecule has 1 saturated carbocycles. The van der Waals surface area contributed by atoms with Crippen molar-refractivity contribution >= 4 is 35.3 Å². The average molecular weight is 432 g/mol. The molecule has 166 valence electrons. The van der Waals surface area contributed by atoms with E-state index in [1.807, 2.05) is 0 Å². The number of carbonyl (C=O) groups is 4. The molecule has 0 bridgehead atoms. The van der Waals surface area contributed by atoms with E-state index in [4.69, 9.17) is 22.1 Å². The van der Waals surface area contributed by atoms with Crippen LogP contribution in [0, 0.1) is 11.8 Å². The fourth-order valence-corrected chi connectivity index (χ4v) is 3.60. The summed E-state index contributed by atoms with van der Waals surface area (Å²) in [5.41, 5.74) is 7.02. The van der Waals surface area contributed by atoms with Crippen molar-refractivity contribution in [3.05, 3.63) is 0 Å². The number of alkyl halides is 1. The van der Waals surface area contributed by atoms with Crippen molar-refractivity contribution in [2.45, 2.75) is 77.7 Å². The number of halogens is 1. The van der Waals surface area contributed by atoms with Gasteiger partial charge in [-0.25, -0.2) is 0 Å². The zero-order chi connectivity index (χ0) is 22.0. The number of ether oxygens (including phenoxy) is 1. The molecule has 1 rings (SSSR count). The van der Waals surface area contributed by atoms with Crippen LogP contribution in [-0.4, -0.2) is 46.7 Å². The second-order valence-electron chi connectivity index (χ2n) is 8.60. The molecule has 8 nitrogen and oxygen atoms in total. The third-order valence-electron chi connectivity index (χ3n) is 4.79. The summed E-state index contributed by atoms with van der Waals surface area (Å²) >= 11 is 5.60. The summed E-state index contributed by atoms with van der Waals surface area (Å²) in [5.74, 6) is -2.69. The molecule has 0 aliphatic heterocycles. The minimum Gasteiger partial charge on any atom is -0.460 e. The Morgan fingerprint density at radius 1 is 1.17 bits per heavy atom. The third kappa shape index (κ3) is 10.5. The quantitative estimate of drug-likeness (QED) is 0.329. The zero-order valence-corrected chi connectivity index (χ0v) is 18.4. The van der Waals surface area contributed by atoms with E-state index in [2.05, 4.69) is 5.43 Å². The number of hydrogen-bond donors (Lipinski definition) is 2. The van der Waals surface area contributed by atoms with Crippen LogP contribution < -0.4 is 11.2 Å². The first-order valence-corrected chi connectivity index (χ1v) is 10.7. The molecule has 0 heterocycles. The summed E-state index contributed by atoms with van der Waals surface area (Å²) < 4.78 is 5.38. The van der Waals surface area contributed by atoms with Gasteiger partial charge in [-0.2, -0.15) is 0 Å². The average Bonchev–Trinajstić information content (AvgIpc) is 2.62. The van der Waals surface area contributed by atoms with E-state index < -0.39 is 35.2 Å². The van der Waals surface area contributed by atoms with Crippen molar-refractivity contribution in [2.24, 2.45) is 17.6 Å². The second-order valence-corrected chi connectivity index (χ2v) is 8.87. The van der Waals surface area contributed by atoms with Crippen LogP contribution in [0.5, 0.6) is 0 Å². The van der Waals surface area contributed by atoms with E-state index in [0.717, 1.165) is 30.7 Å². The van der Waals surface area contributed by atoms with Gasteiger partial charge in [0.25, 0.3) is 5.91 Å². The van der Waals surface area contributed by atoms with Crippen LogP contribution in [0.2, 0.25) is 0 Å². The Balaban J connectivity index is 2.86. The van der Waals surface area contributed by atoms with Crippen molar-refractivity contribution in [3.63, 3.8) is 0 Å². The maximum absolute atomic E-state index is 12.9. The van der Waals surface area contributed by atoms with E-state index in [0.29, 0.717) is 12.3 Å². The summed E-state index contributed by atoms with van der Waals surface area (Å²) in [6, 6.07) is 0. The SMILES string of the molecule is CC(C)(C)OC(=O)C[C@@H](CC1CCCCC1)C(=O)NN(CCC(N)=O)C(=O)CCl. The molecule has 3 N–H and O–H groups in total. The largest absolute Gasteiger partial charge is 0.460 e. The van der Waals surface area contributed by atoms with E-state index in [9.17, 15) is 19.2 Å². The Bertz CT molecular complexity index is 585. The van der Waals surface area contributed by atoms with Gasteiger partial charge in [0.05, 0.1) is 18.9 Å². The second kappa shape index (κ2) is 12.0. The molecule has 0 radical (unpaired) electrons. The molecule has 1 atom stereocenters. The lowest BCUT2D eigenvalue weighted by atomic mass is 9.81. The number of amides is 3. The Morgan fingerprint density at radius 3 is 2.31 bits per heavy atom. The van der Waals surface area contributed by atoms with Crippen LogP contribution in [0.3, 0.4) is 0 Å². The highest BCUT2D eigenvalue weighted by Crippen LogP contribution is 2.30. The molecule has 29 heavy (non-hydrogen) atoms. The monoisotopic (exact) mass is 431 g/mol. The van der Waals surface area contributed by atoms with Gasteiger partial charge < -0.3 is 10.5 Å². The van der Waals surface area contributed by atoms with E-state index >= 15 is 0 Å². The smallest absolute Gasteiger partial charge is 0.307 e. The van der Waals surface area contributed by atoms with Gasteiger partial charge in [0.1, 0.15) is 11.5 Å². The van der Waals surface area contributed by atoms with Gasteiger partial charge >= 0.3 is 5.97 Å².